The molecule has 0 aliphatic carbocycles. The van der Waals surface area contributed by atoms with Crippen molar-refractivity contribution >= 4 is 5.91 Å². The Morgan fingerprint density at radius 1 is 1.10 bits per heavy atom. The predicted octanol–water partition coefficient (Wildman–Crippen LogP) is 3.71. The maximum atomic E-state index is 12.7. The number of pyridine rings is 1. The first kappa shape index (κ1) is 20.3. The molecule has 0 aliphatic rings. The molecule has 0 unspecified atom stereocenters. The van der Waals surface area contributed by atoms with Crippen LogP contribution >= 0.6 is 0 Å². The van der Waals surface area contributed by atoms with Gasteiger partial charge in [-0.1, -0.05) is 18.2 Å². The van der Waals surface area contributed by atoms with E-state index < -0.39 is 11.9 Å². The Labute approximate surface area is 175 Å². The van der Waals surface area contributed by atoms with Crippen LogP contribution in [0.15, 0.2) is 67.1 Å². The van der Waals surface area contributed by atoms with E-state index in [0.29, 0.717) is 22.8 Å². The van der Waals surface area contributed by atoms with Crippen LogP contribution in [0.25, 0.3) is 11.5 Å². The van der Waals surface area contributed by atoms with Crippen molar-refractivity contribution in [3.63, 3.8) is 0 Å². The van der Waals surface area contributed by atoms with Crippen molar-refractivity contribution < 1.29 is 18.0 Å². The van der Waals surface area contributed by atoms with E-state index >= 15 is 0 Å². The van der Waals surface area contributed by atoms with Crippen molar-refractivity contribution in [3.8, 4) is 11.5 Å². The van der Waals surface area contributed by atoms with Crippen LogP contribution in [0.3, 0.4) is 0 Å². The third-order valence-electron chi connectivity index (χ3n) is 4.65. The van der Waals surface area contributed by atoms with Crippen LogP contribution in [0.5, 0.6) is 0 Å². The Morgan fingerprint density at radius 2 is 1.87 bits per heavy atom. The van der Waals surface area contributed by atoms with Gasteiger partial charge in [0.05, 0.1) is 23.1 Å². The van der Waals surface area contributed by atoms with Gasteiger partial charge < -0.3 is 5.32 Å². The highest BCUT2D eigenvalue weighted by atomic mass is 19.4. The lowest BCUT2D eigenvalue weighted by Gasteiger charge is -2.08. The molecule has 0 radical (unpaired) electrons. The van der Waals surface area contributed by atoms with Crippen LogP contribution < -0.4 is 5.32 Å². The molecule has 4 aromatic rings. The number of amides is 1. The number of carbonyl (C=O) groups excluding carboxylic acids is 1. The van der Waals surface area contributed by atoms with Gasteiger partial charge in [0.25, 0.3) is 5.91 Å². The van der Waals surface area contributed by atoms with Gasteiger partial charge in [0.15, 0.2) is 11.5 Å². The number of nitrogens with one attached hydrogen (secondary N) is 1. The van der Waals surface area contributed by atoms with Gasteiger partial charge in [-0.25, -0.2) is 14.3 Å². The Bertz CT molecular complexity index is 1200. The third-order valence-corrected chi connectivity index (χ3v) is 4.65. The molecule has 158 valence electrons. The fraction of sp³-hybridized carbons (Fsp3) is 0.143. The average Bonchev–Trinajstić information content (AvgIpc) is 3.40. The summed E-state index contributed by atoms with van der Waals surface area (Å²) in [5, 5.41) is 10.6. The van der Waals surface area contributed by atoms with Crippen molar-refractivity contribution in [1.82, 2.24) is 29.9 Å². The van der Waals surface area contributed by atoms with E-state index in [1.165, 1.54) is 12.4 Å². The minimum Gasteiger partial charge on any atom is -0.348 e. The zero-order valence-electron chi connectivity index (χ0n) is 16.3. The predicted molar refractivity (Wildman–Crippen MR) is 106 cm³/mol. The van der Waals surface area contributed by atoms with Crippen LogP contribution in [-0.4, -0.2) is 30.5 Å². The summed E-state index contributed by atoms with van der Waals surface area (Å²) in [5.41, 5.74) is 1.41. The average molecular weight is 426 g/mol. The van der Waals surface area contributed by atoms with Crippen molar-refractivity contribution in [1.29, 1.82) is 0 Å². The minimum absolute atomic E-state index is 0.250. The number of hydrogen-bond donors (Lipinski definition) is 1. The number of nitrogens with zero attached hydrogens (tertiary/aromatic N) is 5. The molecule has 0 atom stereocenters. The number of alkyl halides is 3. The summed E-state index contributed by atoms with van der Waals surface area (Å²) in [5.74, 6) is 0.326. The number of halogens is 3. The van der Waals surface area contributed by atoms with Crippen LogP contribution in [-0.2, 0) is 12.7 Å². The molecule has 31 heavy (non-hydrogen) atoms. The first-order valence-corrected chi connectivity index (χ1v) is 9.29. The molecular formula is C21H17F3N6O. The van der Waals surface area contributed by atoms with Crippen molar-refractivity contribution in [2.45, 2.75) is 19.6 Å². The molecule has 7 nitrogen and oxygen atoms in total. The summed E-state index contributed by atoms with van der Waals surface area (Å²) in [6, 6.07) is 13.0. The topological polar surface area (TPSA) is 77.6 Å². The first-order chi connectivity index (χ1) is 14.8. The van der Waals surface area contributed by atoms with E-state index in [4.69, 9.17) is 0 Å². The normalized spacial score (nSPS) is 11.5. The number of aromatic nitrogens is 5. The highest BCUT2D eigenvalue weighted by molar-refractivity contribution is 5.95. The van der Waals surface area contributed by atoms with Crippen LogP contribution in [0.4, 0.5) is 13.2 Å². The summed E-state index contributed by atoms with van der Waals surface area (Å²) in [7, 11) is 0. The maximum absolute atomic E-state index is 12.7. The summed E-state index contributed by atoms with van der Waals surface area (Å²) < 4.78 is 40.8. The van der Waals surface area contributed by atoms with Gasteiger partial charge in [-0.05, 0) is 42.8 Å². The maximum Gasteiger partial charge on any atom is 0.435 e. The zero-order chi connectivity index (χ0) is 22.0. The van der Waals surface area contributed by atoms with E-state index in [9.17, 15) is 18.0 Å². The number of benzene rings is 1. The Kier molecular flexibility index (Phi) is 5.28. The highest BCUT2D eigenvalue weighted by Gasteiger charge is 2.33. The van der Waals surface area contributed by atoms with Crippen LogP contribution in [0.1, 0.15) is 27.3 Å². The highest BCUT2D eigenvalue weighted by Crippen LogP contribution is 2.27. The van der Waals surface area contributed by atoms with Crippen LogP contribution in [0.2, 0.25) is 0 Å². The quantitative estimate of drug-likeness (QED) is 0.528. The van der Waals surface area contributed by atoms with E-state index in [2.05, 4.69) is 20.5 Å². The summed E-state index contributed by atoms with van der Waals surface area (Å²) in [6.07, 6.45) is -0.106. The van der Waals surface area contributed by atoms with Gasteiger partial charge in [0.2, 0.25) is 0 Å². The third kappa shape index (κ3) is 4.32. The van der Waals surface area contributed by atoms with Gasteiger partial charge in [-0.2, -0.15) is 23.4 Å². The summed E-state index contributed by atoms with van der Waals surface area (Å²) in [4.78, 5) is 16.8. The van der Waals surface area contributed by atoms with Gasteiger partial charge in [0.1, 0.15) is 0 Å². The number of carbonyl (C=O) groups is 1. The fourth-order valence-corrected chi connectivity index (χ4v) is 3.01. The Morgan fingerprint density at radius 3 is 2.52 bits per heavy atom. The molecule has 0 spiro atoms. The molecule has 3 heterocycles. The lowest BCUT2D eigenvalue weighted by Crippen LogP contribution is -2.23. The molecule has 0 saturated carbocycles. The van der Waals surface area contributed by atoms with Gasteiger partial charge >= 0.3 is 6.18 Å². The summed E-state index contributed by atoms with van der Waals surface area (Å²) >= 11 is 0. The second kappa shape index (κ2) is 8.05. The second-order valence-corrected chi connectivity index (χ2v) is 6.74. The number of hydrogen-bond acceptors (Lipinski definition) is 4. The smallest absolute Gasteiger partial charge is 0.348 e. The fourth-order valence-electron chi connectivity index (χ4n) is 3.01. The molecule has 0 saturated heterocycles. The molecule has 0 aliphatic heterocycles. The molecule has 1 aromatic carbocycles. The summed E-state index contributed by atoms with van der Waals surface area (Å²) in [6.45, 7) is 2.03. The lowest BCUT2D eigenvalue weighted by molar-refractivity contribution is -0.141. The second-order valence-electron chi connectivity index (χ2n) is 6.74. The molecule has 0 bridgehead atoms. The molecule has 1 amide bonds. The van der Waals surface area contributed by atoms with Crippen molar-refractivity contribution in [2.24, 2.45) is 0 Å². The Balaban J connectivity index is 1.41. The van der Waals surface area contributed by atoms with E-state index in [0.717, 1.165) is 16.3 Å². The SMILES string of the molecule is Cc1c(C(=O)NCc2ccc(-n3ccc(C(F)(F)F)n3)cc2)cnn1-c1ccccn1. The van der Waals surface area contributed by atoms with Crippen molar-refractivity contribution in [2.75, 3.05) is 0 Å². The monoisotopic (exact) mass is 426 g/mol. The van der Waals surface area contributed by atoms with Gasteiger partial charge in [-0.3, -0.25) is 4.79 Å². The van der Waals surface area contributed by atoms with E-state index in [1.807, 2.05) is 6.07 Å². The molecular weight excluding hydrogens is 409 g/mol. The zero-order valence-corrected chi connectivity index (χ0v) is 16.3. The lowest BCUT2D eigenvalue weighted by atomic mass is 10.2. The molecule has 10 heteroatoms. The molecule has 0 fully saturated rings. The largest absolute Gasteiger partial charge is 0.435 e. The van der Waals surface area contributed by atoms with E-state index in [1.54, 1.807) is 54.2 Å². The molecule has 1 N–H and O–H groups in total. The molecule has 3 aromatic heterocycles. The van der Waals surface area contributed by atoms with Crippen LogP contribution in [0, 0.1) is 6.92 Å². The Hall–Kier alpha value is -3.95. The van der Waals surface area contributed by atoms with Gasteiger partial charge in [0, 0.05) is 18.9 Å². The van der Waals surface area contributed by atoms with Crippen molar-refractivity contribution in [3.05, 3.63) is 89.6 Å². The molecule has 4 rings (SSSR count). The van der Waals surface area contributed by atoms with E-state index in [-0.39, 0.29) is 12.5 Å². The standard InChI is InChI=1S/C21H17F3N6O/c1-14-17(13-27-30(14)19-4-2-3-10-25-19)20(31)26-12-15-5-7-16(8-6-15)29-11-9-18(28-29)21(22,23)24/h2-11,13H,12H2,1H3,(H,26,31). The number of rotatable bonds is 5. The minimum atomic E-state index is -4.49. The first-order valence-electron chi connectivity index (χ1n) is 9.29. The van der Waals surface area contributed by atoms with Gasteiger partial charge in [-0.15, -0.1) is 0 Å².